The van der Waals surface area contributed by atoms with E-state index >= 15 is 0 Å². The Morgan fingerprint density at radius 2 is 1.48 bits per heavy atom. The van der Waals surface area contributed by atoms with Crippen molar-refractivity contribution in [1.82, 2.24) is 0 Å². The van der Waals surface area contributed by atoms with Crippen molar-refractivity contribution in [3.05, 3.63) is 70.6 Å². The molecule has 1 fully saturated rings. The number of carbonyl (C=O) groups excluding carboxylic acids is 2. The van der Waals surface area contributed by atoms with Gasteiger partial charge in [-0.1, -0.05) is 42.5 Å². The number of carbonyl (C=O) groups is 2. The molecule has 2 aromatic carbocycles. The van der Waals surface area contributed by atoms with Gasteiger partial charge in [-0.25, -0.2) is 0 Å². The number of fused-ring (bicyclic) bond motifs is 8. The molecule has 3 aliphatic heterocycles. The first-order chi connectivity index (χ1) is 13.2. The van der Waals surface area contributed by atoms with Crippen molar-refractivity contribution >= 4 is 23.7 Å². The Labute approximate surface area is 160 Å². The minimum atomic E-state index is -0.234. The predicted octanol–water partition coefficient (Wildman–Crippen LogP) is 4.03. The fourth-order valence-corrected chi connectivity index (χ4v) is 6.57. The minimum absolute atomic E-state index is 0.0209. The molecule has 27 heavy (non-hydrogen) atoms. The SMILES string of the molecule is O=C1Oc2ccccc2[C@H]2C=C3S[C@H]4C(=O)Oc5ccccc5[C@@H]4[C@H]3C[C@H]12. The number of allylic oxidation sites excluding steroid dienone is 2. The van der Waals surface area contributed by atoms with Crippen molar-refractivity contribution in [2.45, 2.75) is 23.5 Å². The van der Waals surface area contributed by atoms with Gasteiger partial charge in [0.2, 0.25) is 0 Å². The van der Waals surface area contributed by atoms with Crippen LogP contribution in [0.1, 0.15) is 29.4 Å². The van der Waals surface area contributed by atoms with Crippen molar-refractivity contribution in [3.63, 3.8) is 0 Å². The Bertz CT molecular complexity index is 1030. The van der Waals surface area contributed by atoms with Crippen LogP contribution in [-0.2, 0) is 9.59 Å². The van der Waals surface area contributed by atoms with Crippen LogP contribution in [0.4, 0.5) is 0 Å². The molecule has 2 aromatic rings. The maximum atomic E-state index is 12.7. The van der Waals surface area contributed by atoms with E-state index in [4.69, 9.17) is 9.47 Å². The van der Waals surface area contributed by atoms with E-state index in [2.05, 4.69) is 6.08 Å². The van der Waals surface area contributed by atoms with Crippen LogP contribution in [0, 0.1) is 11.8 Å². The van der Waals surface area contributed by atoms with Crippen molar-refractivity contribution in [2.75, 3.05) is 0 Å². The topological polar surface area (TPSA) is 52.6 Å². The zero-order valence-electron chi connectivity index (χ0n) is 14.3. The Morgan fingerprint density at radius 1 is 0.815 bits per heavy atom. The van der Waals surface area contributed by atoms with Gasteiger partial charge in [0.05, 0.1) is 5.92 Å². The molecule has 0 saturated carbocycles. The molecule has 1 saturated heterocycles. The predicted molar refractivity (Wildman–Crippen MR) is 101 cm³/mol. The molecule has 134 valence electrons. The molecule has 0 aromatic heterocycles. The Morgan fingerprint density at radius 3 is 2.30 bits per heavy atom. The second-order valence-electron chi connectivity index (χ2n) is 7.53. The molecule has 0 amide bonds. The highest BCUT2D eigenvalue weighted by Crippen LogP contribution is 2.61. The first kappa shape index (κ1) is 15.5. The van der Waals surface area contributed by atoms with Gasteiger partial charge in [0.25, 0.3) is 0 Å². The van der Waals surface area contributed by atoms with E-state index in [1.165, 1.54) is 4.91 Å². The lowest BCUT2D eigenvalue weighted by atomic mass is 9.69. The molecular weight excluding hydrogens is 360 g/mol. The Balaban J connectivity index is 1.47. The molecule has 0 spiro atoms. The highest BCUT2D eigenvalue weighted by Gasteiger charge is 2.54. The zero-order chi connectivity index (χ0) is 18.1. The average Bonchev–Trinajstić information content (AvgIpc) is 3.07. The summed E-state index contributed by atoms with van der Waals surface area (Å²) in [6.07, 6.45) is 2.91. The highest BCUT2D eigenvalue weighted by atomic mass is 32.2. The van der Waals surface area contributed by atoms with E-state index in [0.29, 0.717) is 17.9 Å². The summed E-state index contributed by atoms with van der Waals surface area (Å²) in [6, 6.07) is 15.5. The van der Waals surface area contributed by atoms with E-state index in [9.17, 15) is 9.59 Å². The largest absolute Gasteiger partial charge is 0.426 e. The van der Waals surface area contributed by atoms with Gasteiger partial charge in [-0.2, -0.15) is 0 Å². The lowest BCUT2D eigenvalue weighted by Crippen LogP contribution is -2.38. The smallest absolute Gasteiger partial charge is 0.325 e. The van der Waals surface area contributed by atoms with E-state index in [1.807, 2.05) is 48.5 Å². The van der Waals surface area contributed by atoms with Crippen molar-refractivity contribution in [2.24, 2.45) is 11.8 Å². The molecule has 4 nitrogen and oxygen atoms in total. The molecule has 5 atom stereocenters. The third-order valence-electron chi connectivity index (χ3n) is 6.19. The van der Waals surface area contributed by atoms with Crippen LogP contribution in [0.2, 0.25) is 0 Å². The normalized spacial score (nSPS) is 32.7. The summed E-state index contributed by atoms with van der Waals surface area (Å²) >= 11 is 1.62. The van der Waals surface area contributed by atoms with Gasteiger partial charge in [0.1, 0.15) is 16.7 Å². The quantitative estimate of drug-likeness (QED) is 0.513. The first-order valence-corrected chi connectivity index (χ1v) is 10.1. The van der Waals surface area contributed by atoms with Crippen LogP contribution in [0.15, 0.2) is 59.5 Å². The zero-order valence-corrected chi connectivity index (χ0v) is 15.1. The highest BCUT2D eigenvalue weighted by molar-refractivity contribution is 8.04. The van der Waals surface area contributed by atoms with Crippen molar-refractivity contribution < 1.29 is 19.1 Å². The van der Waals surface area contributed by atoms with Crippen molar-refractivity contribution in [1.29, 1.82) is 0 Å². The van der Waals surface area contributed by atoms with Gasteiger partial charge in [0, 0.05) is 23.0 Å². The van der Waals surface area contributed by atoms with E-state index in [1.54, 1.807) is 11.8 Å². The van der Waals surface area contributed by atoms with Gasteiger partial charge in [-0.15, -0.1) is 11.8 Å². The Hall–Kier alpha value is -2.53. The number of thioether (sulfide) groups is 1. The number of hydrogen-bond acceptors (Lipinski definition) is 5. The molecule has 4 aliphatic rings. The number of para-hydroxylation sites is 2. The fourth-order valence-electron chi connectivity index (χ4n) is 5.01. The minimum Gasteiger partial charge on any atom is -0.426 e. The monoisotopic (exact) mass is 376 g/mol. The standard InChI is InChI=1S/C22H16O4S/c23-21-14-9-15-18(10-13(14)11-5-1-3-7-16(11)25-21)27-20-19(15)12-6-2-4-8-17(12)26-22(20)24/h1-8,10,13-15,19-20H,9H2/t13-,14+,15+,19-,20-/m1/s1. The van der Waals surface area contributed by atoms with Gasteiger partial charge in [-0.3, -0.25) is 9.59 Å². The fraction of sp³-hybridized carbons (Fsp3) is 0.273. The van der Waals surface area contributed by atoms with Crippen molar-refractivity contribution in [3.8, 4) is 11.5 Å². The van der Waals surface area contributed by atoms with E-state index in [-0.39, 0.29) is 40.9 Å². The number of esters is 2. The van der Waals surface area contributed by atoms with Crippen LogP contribution < -0.4 is 9.47 Å². The van der Waals surface area contributed by atoms with Crippen LogP contribution in [0.5, 0.6) is 11.5 Å². The number of benzene rings is 2. The lowest BCUT2D eigenvalue weighted by molar-refractivity contribution is -0.141. The molecule has 1 aliphatic carbocycles. The van der Waals surface area contributed by atoms with Crippen LogP contribution >= 0.6 is 11.8 Å². The third kappa shape index (κ3) is 2.12. The number of rotatable bonds is 0. The summed E-state index contributed by atoms with van der Waals surface area (Å²) < 4.78 is 11.2. The maximum absolute atomic E-state index is 12.7. The Kier molecular flexibility index (Phi) is 3.15. The number of hydrogen-bond donors (Lipinski definition) is 0. The van der Waals surface area contributed by atoms with Crippen LogP contribution in [-0.4, -0.2) is 17.2 Å². The first-order valence-electron chi connectivity index (χ1n) is 9.20. The average molecular weight is 376 g/mol. The molecule has 0 unspecified atom stereocenters. The van der Waals surface area contributed by atoms with Crippen LogP contribution in [0.3, 0.4) is 0 Å². The summed E-state index contributed by atoms with van der Waals surface area (Å²) in [4.78, 5) is 26.5. The summed E-state index contributed by atoms with van der Waals surface area (Å²) in [7, 11) is 0. The van der Waals surface area contributed by atoms with Crippen LogP contribution in [0.25, 0.3) is 0 Å². The summed E-state index contributed by atoms with van der Waals surface area (Å²) in [5.41, 5.74) is 2.14. The number of ether oxygens (including phenoxy) is 2. The van der Waals surface area contributed by atoms with Gasteiger partial charge in [0.15, 0.2) is 0 Å². The molecule has 0 radical (unpaired) electrons. The summed E-state index contributed by atoms with van der Waals surface area (Å²) in [5, 5.41) is -0.234. The summed E-state index contributed by atoms with van der Waals surface area (Å²) in [5.74, 6) is 1.02. The molecule has 6 rings (SSSR count). The molecule has 3 heterocycles. The molecule has 5 heteroatoms. The lowest BCUT2D eigenvalue weighted by Gasteiger charge is -2.37. The van der Waals surface area contributed by atoms with Gasteiger partial charge < -0.3 is 9.47 Å². The van der Waals surface area contributed by atoms with Gasteiger partial charge >= 0.3 is 11.9 Å². The molecule has 0 bridgehead atoms. The maximum Gasteiger partial charge on any atom is 0.325 e. The third-order valence-corrected chi connectivity index (χ3v) is 7.64. The second-order valence-corrected chi connectivity index (χ2v) is 8.74. The van der Waals surface area contributed by atoms with Gasteiger partial charge in [-0.05, 0) is 29.4 Å². The summed E-state index contributed by atoms with van der Waals surface area (Å²) in [6.45, 7) is 0. The molecule has 0 N–H and O–H groups in total. The van der Waals surface area contributed by atoms with E-state index in [0.717, 1.165) is 11.1 Å². The van der Waals surface area contributed by atoms with E-state index < -0.39 is 0 Å². The second kappa shape index (κ2) is 5.49. The molecular formula is C22H16O4S.